The standard InChI is InChI=1S/C26H24Cl2F4O4/c1-4-35-24(34)14-36-15(2)11-22(28)20(16(3)27)12-17-5-10-23(33)21(13-17)25(26(30,31)32)18-6-8-19(29)9-7-18/h5-11,13,25,33H,3-4,12,14H2,1-2H3/b15-11+,22-20+. The summed E-state index contributed by atoms with van der Waals surface area (Å²) in [6, 6.07) is 7.64. The zero-order chi connectivity index (χ0) is 27.0. The quantitative estimate of drug-likeness (QED) is 0.145. The van der Waals surface area contributed by atoms with Gasteiger partial charge in [0.15, 0.2) is 6.61 Å². The van der Waals surface area contributed by atoms with Crippen LogP contribution in [-0.2, 0) is 20.7 Å². The van der Waals surface area contributed by atoms with E-state index in [1.165, 1.54) is 18.2 Å². The van der Waals surface area contributed by atoms with E-state index in [9.17, 15) is 27.5 Å². The molecule has 1 N–H and O–H groups in total. The van der Waals surface area contributed by atoms with Crippen LogP contribution in [0.1, 0.15) is 36.5 Å². The number of phenolic OH excluding ortho intramolecular Hbond substituents is 1. The van der Waals surface area contributed by atoms with Crippen LogP contribution in [-0.4, -0.2) is 30.5 Å². The topological polar surface area (TPSA) is 55.8 Å². The van der Waals surface area contributed by atoms with Gasteiger partial charge in [-0.1, -0.05) is 54.0 Å². The van der Waals surface area contributed by atoms with E-state index in [4.69, 9.17) is 32.7 Å². The van der Waals surface area contributed by atoms with Gasteiger partial charge in [0.25, 0.3) is 0 Å². The van der Waals surface area contributed by atoms with Crippen molar-refractivity contribution < 1.29 is 36.9 Å². The summed E-state index contributed by atoms with van der Waals surface area (Å²) in [6.07, 6.45) is -3.40. The highest BCUT2D eigenvalue weighted by molar-refractivity contribution is 6.36. The van der Waals surface area contributed by atoms with Crippen LogP contribution < -0.4 is 0 Å². The second-order valence-corrected chi connectivity index (χ2v) is 8.54. The van der Waals surface area contributed by atoms with E-state index in [0.717, 1.165) is 30.3 Å². The van der Waals surface area contributed by atoms with Crippen molar-refractivity contribution in [2.75, 3.05) is 13.2 Å². The molecular formula is C26H24Cl2F4O4. The van der Waals surface area contributed by atoms with E-state index in [2.05, 4.69) is 6.58 Å². The highest BCUT2D eigenvalue weighted by atomic mass is 35.5. The lowest BCUT2D eigenvalue weighted by molar-refractivity contribution is -0.147. The summed E-state index contributed by atoms with van der Waals surface area (Å²) in [5, 5.41) is 10.4. The summed E-state index contributed by atoms with van der Waals surface area (Å²) < 4.78 is 65.4. The van der Waals surface area contributed by atoms with Gasteiger partial charge >= 0.3 is 12.1 Å². The molecule has 1 unspecified atom stereocenters. The van der Waals surface area contributed by atoms with Crippen LogP contribution >= 0.6 is 23.2 Å². The molecule has 0 saturated heterocycles. The van der Waals surface area contributed by atoms with Crippen molar-refractivity contribution in [2.45, 2.75) is 32.4 Å². The molecule has 1 atom stereocenters. The Hall–Kier alpha value is -2.97. The Morgan fingerprint density at radius 2 is 1.78 bits per heavy atom. The van der Waals surface area contributed by atoms with E-state index in [0.29, 0.717) is 11.1 Å². The van der Waals surface area contributed by atoms with Crippen molar-refractivity contribution in [3.05, 3.63) is 99.0 Å². The third-order valence-electron chi connectivity index (χ3n) is 4.98. The first kappa shape index (κ1) is 29.3. The second-order valence-electron chi connectivity index (χ2n) is 7.68. The van der Waals surface area contributed by atoms with Crippen molar-refractivity contribution >= 4 is 29.2 Å². The van der Waals surface area contributed by atoms with E-state index in [1.807, 2.05) is 0 Å². The molecule has 0 amide bonds. The summed E-state index contributed by atoms with van der Waals surface area (Å²) in [5.41, 5.74) is 0.00275. The number of ether oxygens (including phenoxy) is 2. The number of carbonyl (C=O) groups is 1. The number of phenols is 1. The second kappa shape index (κ2) is 12.8. The van der Waals surface area contributed by atoms with Crippen LogP contribution in [0.3, 0.4) is 0 Å². The molecule has 2 aromatic rings. The van der Waals surface area contributed by atoms with Crippen LogP contribution in [0.25, 0.3) is 0 Å². The molecule has 194 valence electrons. The summed E-state index contributed by atoms with van der Waals surface area (Å²) in [6.45, 7) is 6.74. The van der Waals surface area contributed by atoms with Crippen molar-refractivity contribution in [3.63, 3.8) is 0 Å². The van der Waals surface area contributed by atoms with Crippen LogP contribution in [0.15, 0.2) is 76.5 Å². The number of halogens is 6. The molecular weight excluding hydrogens is 523 g/mol. The van der Waals surface area contributed by atoms with Crippen LogP contribution in [0.2, 0.25) is 0 Å². The minimum absolute atomic E-state index is 0.0237. The Bertz CT molecular complexity index is 1160. The molecule has 0 bridgehead atoms. The van der Waals surface area contributed by atoms with Crippen molar-refractivity contribution in [3.8, 4) is 5.75 Å². The molecule has 2 rings (SSSR count). The van der Waals surface area contributed by atoms with Crippen molar-refractivity contribution in [1.82, 2.24) is 0 Å². The van der Waals surface area contributed by atoms with Gasteiger partial charge in [0, 0.05) is 22.0 Å². The Balaban J connectivity index is 2.42. The zero-order valence-corrected chi connectivity index (χ0v) is 21.0. The minimum atomic E-state index is -4.77. The van der Waals surface area contributed by atoms with Gasteiger partial charge in [-0.2, -0.15) is 13.2 Å². The smallest absolute Gasteiger partial charge is 0.399 e. The van der Waals surface area contributed by atoms with Crippen LogP contribution in [0.5, 0.6) is 5.75 Å². The number of hydrogen-bond donors (Lipinski definition) is 1. The molecule has 0 aliphatic carbocycles. The van der Waals surface area contributed by atoms with Crippen LogP contribution in [0.4, 0.5) is 17.6 Å². The Morgan fingerprint density at radius 1 is 1.14 bits per heavy atom. The molecule has 2 aromatic carbocycles. The molecule has 0 aliphatic rings. The third-order valence-corrected chi connectivity index (χ3v) is 5.55. The Labute approximate surface area is 216 Å². The largest absolute Gasteiger partial charge is 0.508 e. The van der Waals surface area contributed by atoms with Gasteiger partial charge in [-0.3, -0.25) is 0 Å². The summed E-state index contributed by atoms with van der Waals surface area (Å²) in [7, 11) is 0. The number of allylic oxidation sites excluding steroid dienone is 5. The van der Waals surface area contributed by atoms with Gasteiger partial charge in [-0.15, -0.1) is 0 Å². The molecule has 4 nitrogen and oxygen atoms in total. The maximum Gasteiger partial charge on any atom is 0.399 e. The van der Waals surface area contributed by atoms with Gasteiger partial charge in [-0.25, -0.2) is 9.18 Å². The predicted molar refractivity (Wildman–Crippen MR) is 130 cm³/mol. The number of carbonyl (C=O) groups excluding carboxylic acids is 1. The lowest BCUT2D eigenvalue weighted by Gasteiger charge is -2.23. The SMILES string of the molecule is C=C(Cl)/C(Cc1ccc(O)c(C(c2ccc(F)cc2)C(F)(F)F)c1)=C(Cl)\C=C(/C)OCC(=O)OCC. The van der Waals surface area contributed by atoms with Crippen molar-refractivity contribution in [2.24, 2.45) is 0 Å². The molecule has 0 radical (unpaired) electrons. The van der Waals surface area contributed by atoms with E-state index >= 15 is 0 Å². The molecule has 0 aromatic heterocycles. The maximum absolute atomic E-state index is 14.0. The summed E-state index contributed by atoms with van der Waals surface area (Å²) in [4.78, 5) is 11.4. The fraction of sp³-hybridized carbons (Fsp3) is 0.269. The Morgan fingerprint density at radius 3 is 2.33 bits per heavy atom. The molecule has 10 heteroatoms. The number of hydrogen-bond acceptors (Lipinski definition) is 4. The first-order valence-corrected chi connectivity index (χ1v) is 11.4. The number of rotatable bonds is 10. The normalized spacial score (nSPS) is 13.6. The van der Waals surface area contributed by atoms with E-state index in [1.54, 1.807) is 13.8 Å². The highest BCUT2D eigenvalue weighted by Gasteiger charge is 2.43. The van der Waals surface area contributed by atoms with Crippen LogP contribution in [0, 0.1) is 5.82 Å². The van der Waals surface area contributed by atoms with Crippen molar-refractivity contribution in [1.29, 1.82) is 0 Å². The molecule has 0 saturated carbocycles. The van der Waals surface area contributed by atoms with E-state index < -0.39 is 35.2 Å². The fourth-order valence-corrected chi connectivity index (χ4v) is 3.89. The maximum atomic E-state index is 14.0. The first-order chi connectivity index (χ1) is 16.8. The Kier molecular flexibility index (Phi) is 10.4. The number of esters is 1. The molecule has 0 heterocycles. The predicted octanol–water partition coefficient (Wildman–Crippen LogP) is 7.50. The highest BCUT2D eigenvalue weighted by Crippen LogP contribution is 2.44. The third kappa shape index (κ3) is 8.31. The summed E-state index contributed by atoms with van der Waals surface area (Å²) in [5.74, 6) is -3.75. The van der Waals surface area contributed by atoms with E-state index in [-0.39, 0.29) is 41.0 Å². The first-order valence-electron chi connectivity index (χ1n) is 10.7. The average Bonchev–Trinajstić information content (AvgIpc) is 2.78. The number of aromatic hydroxyl groups is 1. The fourth-order valence-electron chi connectivity index (χ4n) is 3.34. The van der Waals surface area contributed by atoms with Gasteiger partial charge < -0.3 is 14.6 Å². The monoisotopic (exact) mass is 546 g/mol. The lowest BCUT2D eigenvalue weighted by atomic mass is 9.88. The number of benzene rings is 2. The molecule has 36 heavy (non-hydrogen) atoms. The average molecular weight is 547 g/mol. The molecule has 0 spiro atoms. The minimum Gasteiger partial charge on any atom is -0.508 e. The molecule has 0 fully saturated rings. The molecule has 0 aliphatic heterocycles. The number of alkyl halides is 3. The van der Waals surface area contributed by atoms with Gasteiger partial charge in [0.2, 0.25) is 0 Å². The van der Waals surface area contributed by atoms with Gasteiger partial charge in [-0.05, 0) is 54.8 Å². The lowest BCUT2D eigenvalue weighted by Crippen LogP contribution is -2.22. The zero-order valence-electron chi connectivity index (χ0n) is 19.5. The van der Waals surface area contributed by atoms with Gasteiger partial charge in [0.1, 0.15) is 17.5 Å². The van der Waals surface area contributed by atoms with Gasteiger partial charge in [0.05, 0.1) is 12.4 Å². The summed E-state index contributed by atoms with van der Waals surface area (Å²) >= 11 is 12.5.